The highest BCUT2D eigenvalue weighted by Gasteiger charge is 2.33. The number of hydrogen-bond donors (Lipinski definition) is 1. The smallest absolute Gasteiger partial charge is 0.0110 e. The summed E-state index contributed by atoms with van der Waals surface area (Å²) in [5.41, 5.74) is 0. The molecule has 0 heterocycles. The third-order valence-electron chi connectivity index (χ3n) is 4.72. The predicted octanol–water partition coefficient (Wildman–Crippen LogP) is 2.14. The summed E-state index contributed by atoms with van der Waals surface area (Å²) in [6.07, 6.45) is 4.01. The Morgan fingerprint density at radius 2 is 1.74 bits per heavy atom. The minimum Gasteiger partial charge on any atom is -0.317 e. The van der Waals surface area contributed by atoms with Crippen LogP contribution in [0.2, 0.25) is 0 Å². The van der Waals surface area contributed by atoms with Gasteiger partial charge in [-0.3, -0.25) is 0 Å². The van der Waals surface area contributed by atoms with E-state index in [2.05, 4.69) is 57.2 Å². The first-order valence-electron chi connectivity index (χ1n) is 7.94. The van der Waals surface area contributed by atoms with Crippen molar-refractivity contribution in [2.24, 2.45) is 17.8 Å². The van der Waals surface area contributed by atoms with Crippen LogP contribution in [0.5, 0.6) is 0 Å². The van der Waals surface area contributed by atoms with Crippen molar-refractivity contribution in [3.63, 3.8) is 0 Å². The first kappa shape index (κ1) is 16.9. The Bertz CT molecular complexity index is 242. The Morgan fingerprint density at radius 3 is 2.32 bits per heavy atom. The fraction of sp³-hybridized carbons (Fsp3) is 1.00. The molecule has 0 aromatic carbocycles. The van der Waals surface area contributed by atoms with Gasteiger partial charge in [-0.1, -0.05) is 13.8 Å². The lowest BCUT2D eigenvalue weighted by molar-refractivity contribution is 0.114. The summed E-state index contributed by atoms with van der Waals surface area (Å²) in [7, 11) is 8.73. The molecular weight excluding hydrogens is 234 g/mol. The van der Waals surface area contributed by atoms with Crippen molar-refractivity contribution < 1.29 is 0 Å². The molecule has 0 saturated heterocycles. The van der Waals surface area contributed by atoms with E-state index in [1.54, 1.807) is 0 Å². The van der Waals surface area contributed by atoms with Crippen molar-refractivity contribution in [1.29, 1.82) is 0 Å². The maximum atomic E-state index is 3.56. The third kappa shape index (κ3) is 5.80. The fourth-order valence-corrected chi connectivity index (χ4v) is 3.66. The SMILES string of the molecule is CNC1CC(C)CC(C)C1CN(C)CCCN(C)C. The highest BCUT2D eigenvalue weighted by Crippen LogP contribution is 2.34. The van der Waals surface area contributed by atoms with E-state index >= 15 is 0 Å². The molecule has 1 saturated carbocycles. The lowest BCUT2D eigenvalue weighted by atomic mass is 9.72. The van der Waals surface area contributed by atoms with Gasteiger partial charge in [0.15, 0.2) is 0 Å². The quantitative estimate of drug-likeness (QED) is 0.764. The first-order valence-corrected chi connectivity index (χ1v) is 7.94. The van der Waals surface area contributed by atoms with E-state index in [9.17, 15) is 0 Å². The summed E-state index contributed by atoms with van der Waals surface area (Å²) in [5, 5.41) is 3.56. The van der Waals surface area contributed by atoms with Crippen molar-refractivity contribution in [3.05, 3.63) is 0 Å². The second-order valence-corrected chi connectivity index (χ2v) is 7.03. The van der Waals surface area contributed by atoms with Gasteiger partial charge in [0.05, 0.1) is 0 Å². The molecule has 1 rings (SSSR count). The van der Waals surface area contributed by atoms with Crippen LogP contribution in [-0.4, -0.2) is 63.7 Å². The van der Waals surface area contributed by atoms with Crippen LogP contribution in [0, 0.1) is 17.8 Å². The topological polar surface area (TPSA) is 18.5 Å². The van der Waals surface area contributed by atoms with Gasteiger partial charge in [0.1, 0.15) is 0 Å². The molecule has 1 aliphatic rings. The van der Waals surface area contributed by atoms with Crippen molar-refractivity contribution in [3.8, 4) is 0 Å². The van der Waals surface area contributed by atoms with Crippen LogP contribution < -0.4 is 5.32 Å². The van der Waals surface area contributed by atoms with E-state index in [-0.39, 0.29) is 0 Å². The Morgan fingerprint density at radius 1 is 1.05 bits per heavy atom. The van der Waals surface area contributed by atoms with Gasteiger partial charge in [0.25, 0.3) is 0 Å². The maximum Gasteiger partial charge on any atom is 0.0110 e. The summed E-state index contributed by atoms with van der Waals surface area (Å²) in [5.74, 6) is 2.53. The molecule has 0 radical (unpaired) electrons. The molecular formula is C16H35N3. The number of hydrogen-bond acceptors (Lipinski definition) is 3. The minimum absolute atomic E-state index is 0.704. The summed E-state index contributed by atoms with van der Waals surface area (Å²) in [6.45, 7) is 8.49. The molecule has 0 spiro atoms. The highest BCUT2D eigenvalue weighted by atomic mass is 15.1. The van der Waals surface area contributed by atoms with Gasteiger partial charge in [-0.25, -0.2) is 0 Å². The van der Waals surface area contributed by atoms with E-state index < -0.39 is 0 Å². The van der Waals surface area contributed by atoms with Gasteiger partial charge in [0.2, 0.25) is 0 Å². The predicted molar refractivity (Wildman–Crippen MR) is 84.6 cm³/mol. The second kappa shape index (κ2) is 8.23. The Labute approximate surface area is 120 Å². The van der Waals surface area contributed by atoms with E-state index in [4.69, 9.17) is 0 Å². The summed E-state index contributed by atoms with van der Waals surface area (Å²) in [4.78, 5) is 4.81. The van der Waals surface area contributed by atoms with Gasteiger partial charge in [-0.2, -0.15) is 0 Å². The van der Waals surface area contributed by atoms with Gasteiger partial charge < -0.3 is 15.1 Å². The van der Waals surface area contributed by atoms with Crippen LogP contribution in [0.1, 0.15) is 33.1 Å². The number of rotatable bonds is 7. The zero-order valence-corrected chi connectivity index (χ0v) is 13.9. The zero-order valence-electron chi connectivity index (χ0n) is 13.9. The summed E-state index contributed by atoms with van der Waals surface area (Å²) >= 11 is 0. The van der Waals surface area contributed by atoms with Crippen LogP contribution in [0.25, 0.3) is 0 Å². The Balaban J connectivity index is 2.39. The Kier molecular flexibility index (Phi) is 7.33. The van der Waals surface area contributed by atoms with Crippen molar-refractivity contribution in [2.75, 3.05) is 47.8 Å². The normalized spacial score (nSPS) is 32.2. The molecule has 4 atom stereocenters. The van der Waals surface area contributed by atoms with Crippen molar-refractivity contribution in [2.45, 2.75) is 39.2 Å². The van der Waals surface area contributed by atoms with Crippen LogP contribution in [0.4, 0.5) is 0 Å². The molecule has 3 heteroatoms. The molecule has 1 fully saturated rings. The molecule has 19 heavy (non-hydrogen) atoms. The summed E-state index contributed by atoms with van der Waals surface area (Å²) in [6, 6.07) is 0.704. The standard InChI is InChI=1S/C16H35N3/c1-13-10-14(2)15(16(11-13)17-3)12-19(6)9-7-8-18(4)5/h13-17H,7-12H2,1-6H3. The highest BCUT2D eigenvalue weighted by molar-refractivity contribution is 4.88. The minimum atomic E-state index is 0.704. The first-order chi connectivity index (χ1) is 8.93. The molecule has 0 amide bonds. The van der Waals surface area contributed by atoms with E-state index in [1.807, 2.05) is 0 Å². The number of nitrogens with zero attached hydrogens (tertiary/aromatic N) is 2. The average molecular weight is 269 g/mol. The van der Waals surface area contributed by atoms with E-state index in [1.165, 1.54) is 38.9 Å². The fourth-order valence-electron chi connectivity index (χ4n) is 3.66. The van der Waals surface area contributed by atoms with Gasteiger partial charge in [0, 0.05) is 12.6 Å². The van der Waals surface area contributed by atoms with Crippen LogP contribution in [0.3, 0.4) is 0 Å². The largest absolute Gasteiger partial charge is 0.317 e. The maximum absolute atomic E-state index is 3.56. The van der Waals surface area contributed by atoms with Crippen molar-refractivity contribution >= 4 is 0 Å². The van der Waals surface area contributed by atoms with E-state index in [0.717, 1.165) is 17.8 Å². The molecule has 114 valence electrons. The average Bonchev–Trinajstić information content (AvgIpc) is 2.31. The lowest BCUT2D eigenvalue weighted by Crippen LogP contribution is -2.47. The van der Waals surface area contributed by atoms with Gasteiger partial charge >= 0.3 is 0 Å². The molecule has 4 unspecified atom stereocenters. The molecule has 0 aliphatic heterocycles. The molecule has 1 aliphatic carbocycles. The van der Waals surface area contributed by atoms with Crippen molar-refractivity contribution in [1.82, 2.24) is 15.1 Å². The molecule has 0 aromatic heterocycles. The molecule has 3 nitrogen and oxygen atoms in total. The molecule has 0 bridgehead atoms. The second-order valence-electron chi connectivity index (χ2n) is 7.03. The number of nitrogens with one attached hydrogen (secondary N) is 1. The monoisotopic (exact) mass is 269 g/mol. The van der Waals surface area contributed by atoms with Crippen LogP contribution in [0.15, 0.2) is 0 Å². The zero-order chi connectivity index (χ0) is 14.4. The summed E-state index contributed by atoms with van der Waals surface area (Å²) < 4.78 is 0. The van der Waals surface area contributed by atoms with Gasteiger partial charge in [-0.05, 0) is 78.3 Å². The Hall–Kier alpha value is -0.120. The van der Waals surface area contributed by atoms with Crippen LogP contribution in [-0.2, 0) is 0 Å². The van der Waals surface area contributed by atoms with Crippen LogP contribution >= 0.6 is 0 Å². The van der Waals surface area contributed by atoms with E-state index in [0.29, 0.717) is 6.04 Å². The molecule has 0 aromatic rings. The third-order valence-corrected chi connectivity index (χ3v) is 4.72. The van der Waals surface area contributed by atoms with Gasteiger partial charge in [-0.15, -0.1) is 0 Å². The lowest BCUT2D eigenvalue weighted by Gasteiger charge is -2.41. The molecule has 1 N–H and O–H groups in total.